The van der Waals surface area contributed by atoms with Gasteiger partial charge in [-0.3, -0.25) is 4.79 Å². The number of amides is 1. The van der Waals surface area contributed by atoms with Gasteiger partial charge < -0.3 is 15.2 Å². The maximum Gasteiger partial charge on any atom is 0.331 e. The summed E-state index contributed by atoms with van der Waals surface area (Å²) in [5.41, 5.74) is -2.04. The van der Waals surface area contributed by atoms with Gasteiger partial charge in [0.2, 0.25) is 0 Å². The van der Waals surface area contributed by atoms with Crippen molar-refractivity contribution in [2.24, 2.45) is 5.92 Å². The second kappa shape index (κ2) is 8.66. The Hall–Kier alpha value is -2.90. The van der Waals surface area contributed by atoms with Crippen LogP contribution in [0, 0.1) is 29.6 Å². The van der Waals surface area contributed by atoms with Gasteiger partial charge in [0.1, 0.15) is 0 Å². The molecule has 1 aromatic carbocycles. The summed E-state index contributed by atoms with van der Waals surface area (Å²) < 4.78 is 30.5. The van der Waals surface area contributed by atoms with Gasteiger partial charge in [-0.2, -0.15) is 0 Å². The van der Waals surface area contributed by atoms with Crippen molar-refractivity contribution < 1.29 is 28.2 Å². The fourth-order valence-electron chi connectivity index (χ4n) is 2.08. The van der Waals surface area contributed by atoms with E-state index in [9.17, 15) is 23.5 Å². The molecule has 142 valence electrons. The first-order valence-electron chi connectivity index (χ1n) is 8.26. The van der Waals surface area contributed by atoms with Gasteiger partial charge in [-0.25, -0.2) is 13.6 Å². The molecule has 1 aliphatic carbocycles. The molecule has 0 radical (unpaired) electrons. The zero-order chi connectivity index (χ0) is 20.0. The van der Waals surface area contributed by atoms with E-state index in [0.717, 1.165) is 26.9 Å². The van der Waals surface area contributed by atoms with Gasteiger partial charge in [0.05, 0.1) is 7.11 Å². The molecule has 27 heavy (non-hydrogen) atoms. The van der Waals surface area contributed by atoms with Crippen LogP contribution >= 0.6 is 0 Å². The number of carbonyl (C=O) groups is 2. The zero-order valence-electron chi connectivity index (χ0n) is 14.9. The van der Waals surface area contributed by atoms with Crippen LogP contribution in [0.3, 0.4) is 0 Å². The van der Waals surface area contributed by atoms with Crippen LogP contribution in [-0.4, -0.2) is 42.2 Å². The first-order valence-corrected chi connectivity index (χ1v) is 8.26. The topological polar surface area (TPSA) is 75.6 Å². The predicted octanol–water partition coefficient (Wildman–Crippen LogP) is 1.74. The lowest BCUT2D eigenvalue weighted by Crippen LogP contribution is -2.59. The molecule has 0 spiro atoms. The summed E-state index contributed by atoms with van der Waals surface area (Å²) in [5.74, 6) is 9.79. The highest BCUT2D eigenvalue weighted by molar-refractivity contribution is 5.97. The maximum atomic E-state index is 13.0. The van der Waals surface area contributed by atoms with Crippen LogP contribution in [0.2, 0.25) is 0 Å². The quantitative estimate of drug-likeness (QED) is 0.607. The van der Waals surface area contributed by atoms with Crippen LogP contribution in [0.4, 0.5) is 8.78 Å². The number of alkyl halides is 2. The third-order valence-electron chi connectivity index (χ3n) is 4.01. The monoisotopic (exact) mass is 375 g/mol. The highest BCUT2D eigenvalue weighted by Crippen LogP contribution is 2.27. The third-order valence-corrected chi connectivity index (χ3v) is 4.01. The van der Waals surface area contributed by atoms with Crippen LogP contribution in [0.15, 0.2) is 24.3 Å². The summed E-state index contributed by atoms with van der Waals surface area (Å²) >= 11 is 0. The number of rotatable bonds is 5. The van der Waals surface area contributed by atoms with Crippen molar-refractivity contribution in [1.82, 2.24) is 5.32 Å². The number of hydrogen-bond donors (Lipinski definition) is 2. The highest BCUT2D eigenvalue weighted by atomic mass is 19.3. The molecule has 0 bridgehead atoms. The molecule has 5 nitrogen and oxygen atoms in total. The Morgan fingerprint density at radius 1 is 1.26 bits per heavy atom. The average Bonchev–Trinajstić information content (AvgIpc) is 3.47. The molecule has 1 fully saturated rings. The molecule has 0 saturated heterocycles. The molecule has 0 unspecified atom stereocenters. The minimum Gasteiger partial charge on any atom is -0.467 e. The number of esters is 1. The normalized spacial score (nSPS) is 16.1. The Morgan fingerprint density at radius 3 is 2.41 bits per heavy atom. The molecule has 0 heterocycles. The van der Waals surface area contributed by atoms with Crippen LogP contribution in [0.5, 0.6) is 0 Å². The molecule has 1 amide bonds. The van der Waals surface area contributed by atoms with E-state index >= 15 is 0 Å². The fraction of sp³-hybridized carbons (Fsp3) is 0.400. The number of carbonyl (C=O) groups excluding carboxylic acids is 2. The number of hydrogen-bond acceptors (Lipinski definition) is 4. The Morgan fingerprint density at radius 2 is 1.89 bits per heavy atom. The minimum absolute atomic E-state index is 0.114. The molecular weight excluding hydrogens is 356 g/mol. The van der Waals surface area contributed by atoms with Gasteiger partial charge >= 0.3 is 5.97 Å². The number of benzene rings is 1. The molecule has 0 aromatic heterocycles. The predicted molar refractivity (Wildman–Crippen MR) is 93.7 cm³/mol. The van der Waals surface area contributed by atoms with Gasteiger partial charge in [-0.15, -0.1) is 0 Å². The molecule has 2 atom stereocenters. The van der Waals surface area contributed by atoms with Gasteiger partial charge in [-0.05, 0) is 55.9 Å². The first-order chi connectivity index (χ1) is 12.8. The Bertz CT molecular complexity index is 822. The summed E-state index contributed by atoms with van der Waals surface area (Å²) in [5, 5.41) is 12.0. The lowest BCUT2D eigenvalue weighted by atomic mass is 9.96. The van der Waals surface area contributed by atoms with Crippen LogP contribution < -0.4 is 5.32 Å². The van der Waals surface area contributed by atoms with E-state index in [0.29, 0.717) is 11.5 Å². The number of nitrogens with one attached hydrogen (secondary N) is 1. The largest absolute Gasteiger partial charge is 0.467 e. The smallest absolute Gasteiger partial charge is 0.331 e. The third kappa shape index (κ3) is 5.54. The molecule has 0 aliphatic heterocycles. The lowest BCUT2D eigenvalue weighted by molar-refractivity contribution is -0.160. The lowest BCUT2D eigenvalue weighted by Gasteiger charge is -2.30. The van der Waals surface area contributed by atoms with Gasteiger partial charge in [0.15, 0.2) is 11.6 Å². The van der Waals surface area contributed by atoms with Gasteiger partial charge in [0.25, 0.3) is 12.3 Å². The van der Waals surface area contributed by atoms with Gasteiger partial charge in [-0.1, -0.05) is 11.8 Å². The highest BCUT2D eigenvalue weighted by Gasteiger charge is 2.46. The van der Waals surface area contributed by atoms with E-state index < -0.39 is 29.9 Å². The Balaban J connectivity index is 2.09. The van der Waals surface area contributed by atoms with Crippen molar-refractivity contribution in [2.75, 3.05) is 7.11 Å². The number of ether oxygens (including phenoxy) is 1. The van der Waals surface area contributed by atoms with E-state index in [1.807, 2.05) is 0 Å². The van der Waals surface area contributed by atoms with Crippen molar-refractivity contribution in [2.45, 2.75) is 37.8 Å². The van der Waals surface area contributed by atoms with Crippen molar-refractivity contribution in [3.05, 3.63) is 35.4 Å². The molecule has 1 aliphatic rings. The van der Waals surface area contributed by atoms with Gasteiger partial charge in [0, 0.05) is 17.0 Å². The van der Waals surface area contributed by atoms with Crippen LogP contribution in [-0.2, 0) is 9.53 Å². The second-order valence-electron chi connectivity index (χ2n) is 6.33. The van der Waals surface area contributed by atoms with Crippen LogP contribution in [0.25, 0.3) is 0 Å². The van der Waals surface area contributed by atoms with E-state index in [1.165, 1.54) is 12.1 Å². The molecule has 2 rings (SSSR count). The molecule has 7 heteroatoms. The fourth-order valence-corrected chi connectivity index (χ4v) is 2.08. The standard InChI is InChI=1S/C20H19F2NO4/c1-20(26,19(21)22)16(18(25)27-2)23-17(24)15-11-9-14(10-12-15)6-4-3-5-13-7-8-13/h9-13,16,19,26H,7-8H2,1-2H3,(H,23,24)/t16-,20+/m1/s1. The summed E-state index contributed by atoms with van der Waals surface area (Å²) in [4.78, 5) is 24.0. The number of methoxy groups -OCH3 is 1. The van der Waals surface area contributed by atoms with Crippen molar-refractivity contribution in [3.8, 4) is 23.7 Å². The summed E-state index contributed by atoms with van der Waals surface area (Å²) in [6.45, 7) is 0.751. The Kier molecular flexibility index (Phi) is 6.55. The van der Waals surface area contributed by atoms with Crippen molar-refractivity contribution in [1.29, 1.82) is 0 Å². The SMILES string of the molecule is COC(=O)[C@@H](NC(=O)c1ccc(C#CC#CC2CC2)cc1)[C@](C)(O)C(F)F. The summed E-state index contributed by atoms with van der Waals surface area (Å²) in [6, 6.07) is 4.07. The number of halogens is 2. The zero-order valence-corrected chi connectivity index (χ0v) is 14.9. The van der Waals surface area contributed by atoms with Crippen LogP contribution in [0.1, 0.15) is 35.7 Å². The molecule has 1 aromatic rings. The van der Waals surface area contributed by atoms with Crippen molar-refractivity contribution >= 4 is 11.9 Å². The van der Waals surface area contributed by atoms with E-state index in [4.69, 9.17) is 0 Å². The second-order valence-corrected chi connectivity index (χ2v) is 6.33. The number of aliphatic hydroxyl groups is 1. The van der Waals surface area contributed by atoms with E-state index in [1.54, 1.807) is 12.1 Å². The van der Waals surface area contributed by atoms with E-state index in [-0.39, 0.29) is 5.56 Å². The summed E-state index contributed by atoms with van der Waals surface area (Å²) in [6.07, 6.45) is -1.04. The minimum atomic E-state index is -3.27. The van der Waals surface area contributed by atoms with E-state index in [2.05, 4.69) is 33.7 Å². The molecule has 1 saturated carbocycles. The summed E-state index contributed by atoms with van der Waals surface area (Å²) in [7, 11) is 0.975. The molecule has 2 N–H and O–H groups in total. The van der Waals surface area contributed by atoms with Crippen molar-refractivity contribution in [3.63, 3.8) is 0 Å². The first kappa shape index (κ1) is 20.4. The maximum absolute atomic E-state index is 13.0. The average molecular weight is 375 g/mol. The molecular formula is C20H19F2NO4. The Labute approximate surface area is 156 Å².